The Morgan fingerprint density at radius 2 is 2.00 bits per heavy atom. The van der Waals surface area contributed by atoms with Crippen molar-refractivity contribution in [3.63, 3.8) is 0 Å². The smallest absolute Gasteiger partial charge is 0.290 e. The predicted octanol–water partition coefficient (Wildman–Crippen LogP) is 0.735. The number of nitrogens with one attached hydrogen (secondary N) is 2. The van der Waals surface area contributed by atoms with Gasteiger partial charge >= 0.3 is 0 Å². The van der Waals surface area contributed by atoms with E-state index in [2.05, 4.69) is 30.6 Å². The zero-order valence-corrected chi connectivity index (χ0v) is 16.7. The van der Waals surface area contributed by atoms with Crippen LogP contribution in [0, 0.1) is 0 Å². The van der Waals surface area contributed by atoms with Crippen LogP contribution in [0.25, 0.3) is 10.9 Å². The van der Waals surface area contributed by atoms with Crippen LogP contribution in [-0.4, -0.2) is 70.5 Å². The lowest BCUT2D eigenvalue weighted by atomic mass is 10.1. The molecule has 1 aliphatic heterocycles. The van der Waals surface area contributed by atoms with Crippen LogP contribution in [0.1, 0.15) is 10.4 Å². The molecule has 0 radical (unpaired) electrons. The Balaban J connectivity index is 0.000000806. The second-order valence-electron chi connectivity index (χ2n) is 6.42. The van der Waals surface area contributed by atoms with Crippen molar-refractivity contribution < 1.29 is 19.4 Å². The SMILES string of the molecule is COc1c2cc(C(=O)Nc3cnc(N4CCNCC4)cn3)ccc2nn1C.O=CO. The number of carbonyl (C=O) groups excluding carboxylic acids is 1. The lowest BCUT2D eigenvalue weighted by molar-refractivity contribution is -0.122. The van der Waals surface area contributed by atoms with E-state index < -0.39 is 0 Å². The van der Waals surface area contributed by atoms with Gasteiger partial charge in [-0.1, -0.05) is 0 Å². The molecule has 0 saturated carbocycles. The van der Waals surface area contributed by atoms with Crippen molar-refractivity contribution in [2.45, 2.75) is 0 Å². The first-order chi connectivity index (χ1) is 14.6. The quantitative estimate of drug-likeness (QED) is 0.529. The minimum absolute atomic E-state index is 0.250. The number of anilines is 2. The molecule has 4 rings (SSSR count). The third kappa shape index (κ3) is 4.63. The van der Waals surface area contributed by atoms with Crippen molar-refractivity contribution >= 4 is 34.9 Å². The Hall–Kier alpha value is -3.73. The number of hydrogen-bond donors (Lipinski definition) is 3. The molecule has 11 heteroatoms. The van der Waals surface area contributed by atoms with E-state index in [0.29, 0.717) is 17.3 Å². The summed E-state index contributed by atoms with van der Waals surface area (Å²) in [6, 6.07) is 5.29. The molecule has 0 aliphatic carbocycles. The summed E-state index contributed by atoms with van der Waals surface area (Å²) in [6.45, 7) is 3.40. The molecular formula is C19H23N7O4. The molecule has 0 atom stereocenters. The summed E-state index contributed by atoms with van der Waals surface area (Å²) >= 11 is 0. The number of ether oxygens (including phenoxy) is 1. The summed E-state index contributed by atoms with van der Waals surface area (Å²) in [7, 11) is 3.38. The van der Waals surface area contributed by atoms with E-state index in [-0.39, 0.29) is 12.4 Å². The summed E-state index contributed by atoms with van der Waals surface area (Å²) in [5.74, 6) is 1.58. The Bertz CT molecular complexity index is 1010. The van der Waals surface area contributed by atoms with Crippen LogP contribution in [-0.2, 0) is 11.8 Å². The molecule has 3 heterocycles. The summed E-state index contributed by atoms with van der Waals surface area (Å²) in [5.41, 5.74) is 1.27. The Labute approximate surface area is 172 Å². The van der Waals surface area contributed by atoms with Crippen molar-refractivity contribution in [2.24, 2.45) is 7.05 Å². The third-order valence-corrected chi connectivity index (χ3v) is 4.55. The van der Waals surface area contributed by atoms with Crippen LogP contribution in [0.2, 0.25) is 0 Å². The highest BCUT2D eigenvalue weighted by Gasteiger charge is 2.15. The number of fused-ring (bicyclic) bond motifs is 1. The number of hydrogen-bond acceptors (Lipinski definition) is 8. The van der Waals surface area contributed by atoms with Crippen molar-refractivity contribution in [1.82, 2.24) is 25.1 Å². The first-order valence-electron chi connectivity index (χ1n) is 9.25. The molecule has 1 aromatic carbocycles. The van der Waals surface area contributed by atoms with Gasteiger partial charge in [-0.05, 0) is 18.2 Å². The minimum Gasteiger partial charge on any atom is -0.483 e. The van der Waals surface area contributed by atoms with E-state index in [9.17, 15) is 4.79 Å². The lowest BCUT2D eigenvalue weighted by Gasteiger charge is -2.28. The molecule has 30 heavy (non-hydrogen) atoms. The van der Waals surface area contributed by atoms with E-state index >= 15 is 0 Å². The average molecular weight is 413 g/mol. The minimum atomic E-state index is -0.257. The van der Waals surface area contributed by atoms with Crippen LogP contribution in [0.15, 0.2) is 30.6 Å². The van der Waals surface area contributed by atoms with Crippen LogP contribution in [0.4, 0.5) is 11.6 Å². The van der Waals surface area contributed by atoms with Gasteiger partial charge in [0, 0.05) is 38.8 Å². The van der Waals surface area contributed by atoms with Gasteiger partial charge in [0.15, 0.2) is 5.82 Å². The predicted molar refractivity (Wildman–Crippen MR) is 111 cm³/mol. The fourth-order valence-corrected chi connectivity index (χ4v) is 3.19. The average Bonchev–Trinajstić information content (AvgIpc) is 3.09. The van der Waals surface area contributed by atoms with Gasteiger partial charge < -0.3 is 25.4 Å². The lowest BCUT2D eigenvalue weighted by Crippen LogP contribution is -2.43. The largest absolute Gasteiger partial charge is 0.483 e. The van der Waals surface area contributed by atoms with Gasteiger partial charge in [0.25, 0.3) is 12.4 Å². The maximum Gasteiger partial charge on any atom is 0.290 e. The second-order valence-corrected chi connectivity index (χ2v) is 6.42. The highest BCUT2D eigenvalue weighted by atomic mass is 16.5. The molecule has 1 amide bonds. The number of carboxylic acid groups (broad SMARTS) is 1. The molecule has 0 unspecified atom stereocenters. The van der Waals surface area contributed by atoms with Crippen molar-refractivity contribution in [2.75, 3.05) is 43.5 Å². The first kappa shape index (κ1) is 21.0. The zero-order chi connectivity index (χ0) is 21.5. The summed E-state index contributed by atoms with van der Waals surface area (Å²) < 4.78 is 7.00. The number of aryl methyl sites for hydroxylation is 1. The molecule has 1 saturated heterocycles. The molecule has 0 bridgehead atoms. The highest BCUT2D eigenvalue weighted by Crippen LogP contribution is 2.25. The van der Waals surface area contributed by atoms with Gasteiger partial charge in [-0.15, -0.1) is 0 Å². The normalized spacial score (nSPS) is 13.3. The third-order valence-electron chi connectivity index (χ3n) is 4.55. The maximum absolute atomic E-state index is 12.6. The van der Waals surface area contributed by atoms with Crippen LogP contribution in [0.5, 0.6) is 5.88 Å². The number of nitrogens with zero attached hydrogens (tertiary/aromatic N) is 5. The molecule has 2 aromatic heterocycles. The summed E-state index contributed by atoms with van der Waals surface area (Å²) in [6.07, 6.45) is 3.27. The van der Waals surface area contributed by atoms with E-state index in [0.717, 1.165) is 42.9 Å². The second kappa shape index (κ2) is 9.65. The molecule has 11 nitrogen and oxygen atoms in total. The number of piperazine rings is 1. The van der Waals surface area contributed by atoms with E-state index in [4.69, 9.17) is 14.6 Å². The molecule has 158 valence electrons. The molecule has 1 aliphatic rings. The van der Waals surface area contributed by atoms with Gasteiger partial charge in [0.2, 0.25) is 5.88 Å². The maximum atomic E-state index is 12.6. The fourth-order valence-electron chi connectivity index (χ4n) is 3.19. The number of rotatable bonds is 4. The Morgan fingerprint density at radius 1 is 1.27 bits per heavy atom. The summed E-state index contributed by atoms with van der Waals surface area (Å²) in [4.78, 5) is 31.8. The van der Waals surface area contributed by atoms with E-state index in [1.807, 2.05) is 0 Å². The van der Waals surface area contributed by atoms with Gasteiger partial charge in [0.05, 0.1) is 30.4 Å². The van der Waals surface area contributed by atoms with Crippen LogP contribution < -0.4 is 20.3 Å². The van der Waals surface area contributed by atoms with Gasteiger partial charge in [-0.25, -0.2) is 14.6 Å². The molecule has 0 spiro atoms. The Kier molecular flexibility index (Phi) is 6.75. The molecular weight excluding hydrogens is 390 g/mol. The number of methoxy groups -OCH3 is 1. The van der Waals surface area contributed by atoms with Crippen molar-refractivity contribution in [3.8, 4) is 5.88 Å². The number of benzene rings is 1. The van der Waals surface area contributed by atoms with Crippen LogP contribution >= 0.6 is 0 Å². The van der Waals surface area contributed by atoms with Gasteiger partial charge in [-0.3, -0.25) is 9.59 Å². The molecule has 3 aromatic rings. The first-order valence-corrected chi connectivity index (χ1v) is 9.25. The summed E-state index contributed by atoms with van der Waals surface area (Å²) in [5, 5.41) is 18.1. The molecule has 1 fully saturated rings. The van der Waals surface area contributed by atoms with Crippen molar-refractivity contribution in [1.29, 1.82) is 0 Å². The fraction of sp³-hybridized carbons (Fsp3) is 0.316. The van der Waals surface area contributed by atoms with Crippen molar-refractivity contribution in [3.05, 3.63) is 36.2 Å². The topological polar surface area (TPSA) is 134 Å². The number of amides is 1. The standard InChI is InChI=1S/C18H21N7O2.CH2O2/c1-24-18(27-2)13-9-12(3-4-14(13)23-24)17(26)22-15-10-21-16(11-20-15)25-7-5-19-6-8-25;2-1-3/h3-4,9-11,19H,5-8H2,1-2H3,(H,20,22,26);1H,(H,2,3). The Morgan fingerprint density at radius 3 is 2.63 bits per heavy atom. The van der Waals surface area contributed by atoms with E-state index in [1.165, 1.54) is 0 Å². The van der Waals surface area contributed by atoms with Crippen LogP contribution in [0.3, 0.4) is 0 Å². The van der Waals surface area contributed by atoms with E-state index in [1.54, 1.807) is 49.4 Å². The molecule has 3 N–H and O–H groups in total. The number of aromatic nitrogens is 4. The van der Waals surface area contributed by atoms with Gasteiger partial charge in [-0.2, -0.15) is 5.10 Å². The van der Waals surface area contributed by atoms with Gasteiger partial charge in [0.1, 0.15) is 5.82 Å². The number of carbonyl (C=O) groups is 2. The highest BCUT2D eigenvalue weighted by molar-refractivity contribution is 6.06. The monoisotopic (exact) mass is 413 g/mol. The zero-order valence-electron chi connectivity index (χ0n) is 16.7.